The van der Waals surface area contributed by atoms with Gasteiger partial charge in [-0.3, -0.25) is 0 Å². The predicted molar refractivity (Wildman–Crippen MR) is 46.4 cm³/mol. The first-order chi connectivity index (χ1) is 5.59. The summed E-state index contributed by atoms with van der Waals surface area (Å²) in [6.07, 6.45) is 2.40. The predicted octanol–water partition coefficient (Wildman–Crippen LogP) is 1.08. The van der Waals surface area contributed by atoms with E-state index in [9.17, 15) is 8.42 Å². The van der Waals surface area contributed by atoms with Crippen molar-refractivity contribution in [3.8, 4) is 0 Å². The second kappa shape index (κ2) is 1.89. The highest BCUT2D eigenvalue weighted by atomic mass is 32.2. The molecule has 12 heavy (non-hydrogen) atoms. The fraction of sp³-hybridized carbons (Fsp3) is 1.00. The Kier molecular flexibility index (Phi) is 1.16. The van der Waals surface area contributed by atoms with Gasteiger partial charge in [0.25, 0.3) is 0 Å². The van der Waals surface area contributed by atoms with Crippen LogP contribution in [0.3, 0.4) is 0 Å². The van der Waals surface area contributed by atoms with Gasteiger partial charge < -0.3 is 0 Å². The van der Waals surface area contributed by atoms with E-state index in [-0.39, 0.29) is 5.25 Å². The summed E-state index contributed by atoms with van der Waals surface area (Å²) in [6, 6.07) is 0. The molecule has 2 saturated carbocycles. The normalized spacial score (nSPS) is 59.6. The topological polar surface area (TPSA) is 34.1 Å². The van der Waals surface area contributed by atoms with Crippen LogP contribution >= 0.6 is 0 Å². The molecule has 1 aliphatic heterocycles. The third-order valence-corrected chi connectivity index (χ3v) is 6.83. The fourth-order valence-electron chi connectivity index (χ4n) is 3.89. The van der Waals surface area contributed by atoms with Crippen LogP contribution in [0.1, 0.15) is 19.8 Å². The molecule has 0 amide bonds. The summed E-state index contributed by atoms with van der Waals surface area (Å²) in [4.78, 5) is 0. The molecule has 0 N–H and O–H groups in total. The van der Waals surface area contributed by atoms with Gasteiger partial charge in [-0.15, -0.1) is 0 Å². The molecule has 0 radical (unpaired) electrons. The summed E-state index contributed by atoms with van der Waals surface area (Å²) in [5.41, 5.74) is 0. The molecular weight excluding hydrogens is 172 g/mol. The van der Waals surface area contributed by atoms with Crippen molar-refractivity contribution < 1.29 is 8.42 Å². The Balaban J connectivity index is 2.14. The highest BCUT2D eigenvalue weighted by molar-refractivity contribution is 7.92. The van der Waals surface area contributed by atoms with Crippen molar-refractivity contribution in [1.29, 1.82) is 0 Å². The average Bonchev–Trinajstić information content (AvgIpc) is 2.45. The lowest BCUT2D eigenvalue weighted by molar-refractivity contribution is 0.319. The standard InChI is InChI=1S/C9H14O2S/c1-5-6-2-7-4-12(10,11)9(5)8(7)3-6/h5-9H,2-4H2,1H3. The van der Waals surface area contributed by atoms with Crippen LogP contribution in [0.2, 0.25) is 0 Å². The zero-order chi connectivity index (χ0) is 8.51. The first-order valence-corrected chi connectivity index (χ1v) is 6.53. The van der Waals surface area contributed by atoms with Crippen molar-refractivity contribution >= 4 is 9.84 Å². The molecule has 0 aromatic heterocycles. The summed E-state index contributed by atoms with van der Waals surface area (Å²) >= 11 is 0. The molecular formula is C9H14O2S. The van der Waals surface area contributed by atoms with E-state index >= 15 is 0 Å². The Morgan fingerprint density at radius 1 is 1.17 bits per heavy atom. The van der Waals surface area contributed by atoms with Gasteiger partial charge in [-0.05, 0) is 36.5 Å². The largest absolute Gasteiger partial charge is 0.229 e. The van der Waals surface area contributed by atoms with E-state index in [2.05, 4.69) is 6.92 Å². The van der Waals surface area contributed by atoms with Crippen LogP contribution in [0.4, 0.5) is 0 Å². The third kappa shape index (κ3) is 0.652. The van der Waals surface area contributed by atoms with Crippen LogP contribution in [0.5, 0.6) is 0 Å². The van der Waals surface area contributed by atoms with E-state index < -0.39 is 9.84 Å². The van der Waals surface area contributed by atoms with E-state index in [1.54, 1.807) is 0 Å². The number of fused-ring (bicyclic) bond motifs is 1. The maximum atomic E-state index is 11.7. The van der Waals surface area contributed by atoms with Crippen molar-refractivity contribution in [2.75, 3.05) is 5.75 Å². The van der Waals surface area contributed by atoms with Gasteiger partial charge in [-0.25, -0.2) is 8.42 Å². The SMILES string of the molecule is CC1C2CC3CS(=O)(=O)C1C3C2. The minimum atomic E-state index is -2.68. The Hall–Kier alpha value is -0.0500. The van der Waals surface area contributed by atoms with E-state index in [0.29, 0.717) is 23.5 Å². The highest BCUT2D eigenvalue weighted by Crippen LogP contribution is 2.58. The van der Waals surface area contributed by atoms with Gasteiger partial charge >= 0.3 is 0 Å². The monoisotopic (exact) mass is 186 g/mol. The highest BCUT2D eigenvalue weighted by Gasteiger charge is 2.61. The Morgan fingerprint density at radius 3 is 2.50 bits per heavy atom. The quantitative estimate of drug-likeness (QED) is 0.567. The molecule has 2 bridgehead atoms. The zero-order valence-corrected chi connectivity index (χ0v) is 8.05. The van der Waals surface area contributed by atoms with E-state index in [1.165, 1.54) is 12.8 Å². The fourth-order valence-corrected chi connectivity index (χ4v) is 6.83. The summed E-state index contributed by atoms with van der Waals surface area (Å²) < 4.78 is 23.4. The molecule has 3 heteroatoms. The second-order valence-corrected chi connectivity index (χ2v) is 7.01. The van der Waals surface area contributed by atoms with Crippen LogP contribution in [-0.4, -0.2) is 19.4 Å². The number of rotatable bonds is 0. The molecule has 1 saturated heterocycles. The first kappa shape index (κ1) is 7.36. The van der Waals surface area contributed by atoms with Crippen molar-refractivity contribution in [3.63, 3.8) is 0 Å². The van der Waals surface area contributed by atoms with Crippen molar-refractivity contribution in [2.24, 2.45) is 23.7 Å². The lowest BCUT2D eigenvalue weighted by Crippen LogP contribution is -2.27. The molecule has 2 aliphatic carbocycles. The minimum absolute atomic E-state index is 0.0567. The molecule has 0 spiro atoms. The molecule has 0 aromatic rings. The van der Waals surface area contributed by atoms with Crippen LogP contribution in [0.25, 0.3) is 0 Å². The van der Waals surface area contributed by atoms with E-state index in [1.807, 2.05) is 0 Å². The minimum Gasteiger partial charge on any atom is -0.229 e. The third-order valence-electron chi connectivity index (χ3n) is 4.33. The van der Waals surface area contributed by atoms with E-state index in [0.717, 1.165) is 5.92 Å². The molecule has 0 aromatic carbocycles. The molecule has 3 fully saturated rings. The molecule has 3 aliphatic rings. The Morgan fingerprint density at radius 2 is 1.92 bits per heavy atom. The molecule has 3 rings (SSSR count). The lowest BCUT2D eigenvalue weighted by atomic mass is 9.84. The summed E-state index contributed by atoms with van der Waals surface area (Å²) in [7, 11) is -2.68. The van der Waals surface area contributed by atoms with Gasteiger partial charge in [0.1, 0.15) is 0 Å². The number of hydrogen-bond acceptors (Lipinski definition) is 2. The molecule has 5 unspecified atom stereocenters. The van der Waals surface area contributed by atoms with Gasteiger partial charge in [0.15, 0.2) is 9.84 Å². The number of hydrogen-bond donors (Lipinski definition) is 0. The van der Waals surface area contributed by atoms with Gasteiger partial charge in [-0.1, -0.05) is 6.92 Å². The van der Waals surface area contributed by atoms with Gasteiger partial charge in [0.05, 0.1) is 11.0 Å². The summed E-state index contributed by atoms with van der Waals surface area (Å²) in [6.45, 7) is 2.13. The van der Waals surface area contributed by atoms with Crippen LogP contribution in [0.15, 0.2) is 0 Å². The maximum absolute atomic E-state index is 11.7. The average molecular weight is 186 g/mol. The van der Waals surface area contributed by atoms with Crippen LogP contribution in [0, 0.1) is 23.7 Å². The summed E-state index contributed by atoms with van der Waals surface area (Å²) in [5, 5.41) is 0.0567. The lowest BCUT2D eigenvalue weighted by Gasteiger charge is -2.22. The number of sulfone groups is 1. The second-order valence-electron chi connectivity index (χ2n) is 4.81. The smallest absolute Gasteiger partial charge is 0.154 e. The van der Waals surface area contributed by atoms with Crippen LogP contribution in [-0.2, 0) is 9.84 Å². The molecule has 1 heterocycles. The molecule has 5 atom stereocenters. The summed E-state index contributed by atoms with van der Waals surface area (Å²) in [5.74, 6) is 2.79. The Bertz CT molecular complexity index is 317. The van der Waals surface area contributed by atoms with Gasteiger partial charge in [0.2, 0.25) is 0 Å². The molecule has 2 nitrogen and oxygen atoms in total. The van der Waals surface area contributed by atoms with Crippen LogP contribution < -0.4 is 0 Å². The van der Waals surface area contributed by atoms with Gasteiger partial charge in [0, 0.05) is 0 Å². The van der Waals surface area contributed by atoms with Crippen molar-refractivity contribution in [1.82, 2.24) is 0 Å². The maximum Gasteiger partial charge on any atom is 0.154 e. The van der Waals surface area contributed by atoms with Crippen molar-refractivity contribution in [2.45, 2.75) is 25.0 Å². The molecule has 68 valence electrons. The van der Waals surface area contributed by atoms with Crippen molar-refractivity contribution in [3.05, 3.63) is 0 Å². The van der Waals surface area contributed by atoms with Gasteiger partial charge in [-0.2, -0.15) is 0 Å². The first-order valence-electron chi connectivity index (χ1n) is 4.81. The zero-order valence-electron chi connectivity index (χ0n) is 7.23. The Labute approximate surface area is 73.3 Å². The van der Waals surface area contributed by atoms with E-state index in [4.69, 9.17) is 0 Å².